The predicted molar refractivity (Wildman–Crippen MR) is 113 cm³/mol. The highest BCUT2D eigenvalue weighted by Gasteiger charge is 2.63. The van der Waals surface area contributed by atoms with Crippen LogP contribution in [-0.4, -0.2) is 25.0 Å². The van der Waals surface area contributed by atoms with E-state index in [9.17, 15) is 15.3 Å². The van der Waals surface area contributed by atoms with Gasteiger partial charge < -0.3 is 9.64 Å². The third-order valence-electron chi connectivity index (χ3n) is 5.86. The van der Waals surface area contributed by atoms with Crippen molar-refractivity contribution in [2.45, 2.75) is 24.9 Å². The monoisotopic (exact) mass is 447 g/mol. The van der Waals surface area contributed by atoms with E-state index in [2.05, 4.69) is 28.1 Å². The average molecular weight is 448 g/mol. The SMILES string of the molecule is COc1ccc(Br)cc1[C@@H]1[C@@H](C(C)=O)N2c3ccccc3C=C[C@@H]2C1(C#N)C#N. The van der Waals surface area contributed by atoms with Gasteiger partial charge in [-0.2, -0.15) is 10.5 Å². The van der Waals surface area contributed by atoms with Crippen LogP contribution in [0.4, 0.5) is 5.69 Å². The van der Waals surface area contributed by atoms with E-state index in [0.29, 0.717) is 11.3 Å². The molecule has 0 amide bonds. The predicted octanol–water partition coefficient (Wildman–Crippen LogP) is 4.45. The number of para-hydroxylation sites is 1. The van der Waals surface area contributed by atoms with Gasteiger partial charge >= 0.3 is 0 Å². The van der Waals surface area contributed by atoms with Crippen molar-refractivity contribution in [2.75, 3.05) is 12.0 Å². The minimum Gasteiger partial charge on any atom is -0.496 e. The summed E-state index contributed by atoms with van der Waals surface area (Å²) in [6.07, 6.45) is 3.80. The second-order valence-corrected chi connectivity index (χ2v) is 8.20. The highest BCUT2D eigenvalue weighted by Crippen LogP contribution is 2.56. The van der Waals surface area contributed by atoms with Crippen LogP contribution in [0.3, 0.4) is 0 Å². The molecule has 0 spiro atoms. The second-order valence-electron chi connectivity index (χ2n) is 7.28. The Morgan fingerprint density at radius 1 is 1.21 bits per heavy atom. The first-order valence-electron chi connectivity index (χ1n) is 9.20. The van der Waals surface area contributed by atoms with Crippen LogP contribution in [0.25, 0.3) is 6.08 Å². The summed E-state index contributed by atoms with van der Waals surface area (Å²) in [5, 5.41) is 20.5. The Bertz CT molecular complexity index is 1100. The molecular formula is C23H18BrN3O2. The molecule has 2 aliphatic rings. The Labute approximate surface area is 177 Å². The molecule has 0 aromatic heterocycles. The lowest BCUT2D eigenvalue weighted by atomic mass is 9.69. The molecule has 0 saturated carbocycles. The summed E-state index contributed by atoms with van der Waals surface area (Å²) in [4.78, 5) is 14.9. The van der Waals surface area contributed by atoms with Crippen LogP contribution in [0.1, 0.15) is 24.0 Å². The maximum atomic E-state index is 13.0. The number of carbonyl (C=O) groups is 1. The summed E-state index contributed by atoms with van der Waals surface area (Å²) in [5.41, 5.74) is 1.03. The molecule has 2 heterocycles. The Hall–Kier alpha value is -3.09. The summed E-state index contributed by atoms with van der Waals surface area (Å²) < 4.78 is 6.35. The number of anilines is 1. The van der Waals surface area contributed by atoms with Gasteiger partial charge in [-0.15, -0.1) is 0 Å². The van der Waals surface area contributed by atoms with Crippen molar-refractivity contribution in [1.29, 1.82) is 10.5 Å². The van der Waals surface area contributed by atoms with Gasteiger partial charge in [0.2, 0.25) is 0 Å². The molecule has 2 aromatic rings. The Balaban J connectivity index is 2.04. The van der Waals surface area contributed by atoms with Gasteiger partial charge in [-0.05, 0) is 36.8 Å². The Morgan fingerprint density at radius 2 is 1.93 bits per heavy atom. The van der Waals surface area contributed by atoms with E-state index in [1.165, 1.54) is 6.92 Å². The zero-order valence-corrected chi connectivity index (χ0v) is 17.6. The number of hydrogen-bond acceptors (Lipinski definition) is 5. The zero-order valence-electron chi connectivity index (χ0n) is 16.0. The number of nitrogens with zero attached hydrogens (tertiary/aromatic N) is 3. The number of rotatable bonds is 3. The van der Waals surface area contributed by atoms with Gasteiger partial charge in [0.25, 0.3) is 0 Å². The topological polar surface area (TPSA) is 77.1 Å². The van der Waals surface area contributed by atoms with Crippen molar-refractivity contribution in [3.05, 3.63) is 64.1 Å². The molecule has 0 bridgehead atoms. The lowest BCUT2D eigenvalue weighted by Crippen LogP contribution is -2.43. The number of fused-ring (bicyclic) bond motifs is 3. The van der Waals surface area contributed by atoms with Gasteiger partial charge in [-0.3, -0.25) is 4.79 Å². The Kier molecular flexibility index (Phi) is 4.68. The molecule has 0 aliphatic carbocycles. The van der Waals surface area contributed by atoms with Crippen molar-refractivity contribution >= 4 is 33.5 Å². The van der Waals surface area contributed by atoms with Crippen LogP contribution >= 0.6 is 15.9 Å². The van der Waals surface area contributed by atoms with E-state index in [-0.39, 0.29) is 5.78 Å². The molecule has 4 rings (SSSR count). The first kappa shape index (κ1) is 19.2. The molecule has 2 aromatic carbocycles. The standard InChI is InChI=1S/C23H18BrN3O2/c1-14(28)22-21(17-11-16(24)8-9-19(17)29-2)23(12-25,13-26)20-10-7-15-5-3-4-6-18(15)27(20)22/h3-11,20-22H,1-2H3/t20-,21-,22-/m1/s1. The van der Waals surface area contributed by atoms with Crippen molar-refractivity contribution in [3.8, 4) is 17.9 Å². The molecule has 0 N–H and O–H groups in total. The molecule has 5 nitrogen and oxygen atoms in total. The number of Topliss-reactive ketones (excluding diaryl/α,β-unsaturated/α-hetero) is 1. The van der Waals surface area contributed by atoms with E-state index in [4.69, 9.17) is 4.74 Å². The third-order valence-corrected chi connectivity index (χ3v) is 6.35. The normalized spacial score (nSPS) is 23.5. The third kappa shape index (κ3) is 2.68. The number of ether oxygens (including phenoxy) is 1. The van der Waals surface area contributed by atoms with Gasteiger partial charge in [0.05, 0.1) is 31.3 Å². The quantitative estimate of drug-likeness (QED) is 0.694. The molecule has 0 unspecified atom stereocenters. The van der Waals surface area contributed by atoms with Crippen LogP contribution in [0.15, 0.2) is 53.0 Å². The zero-order chi connectivity index (χ0) is 20.8. The fourth-order valence-corrected chi connectivity index (χ4v) is 5.06. The summed E-state index contributed by atoms with van der Waals surface area (Å²) in [6.45, 7) is 1.52. The van der Waals surface area contributed by atoms with Crippen molar-refractivity contribution in [1.82, 2.24) is 0 Å². The summed E-state index contributed by atoms with van der Waals surface area (Å²) >= 11 is 3.48. The van der Waals surface area contributed by atoms with Crippen LogP contribution < -0.4 is 9.64 Å². The van der Waals surface area contributed by atoms with E-state index in [1.807, 2.05) is 53.5 Å². The smallest absolute Gasteiger partial charge is 0.176 e. The van der Waals surface area contributed by atoms with Gasteiger partial charge in [0, 0.05) is 21.6 Å². The fraction of sp³-hybridized carbons (Fsp3) is 0.261. The number of nitriles is 2. The second kappa shape index (κ2) is 7.06. The van der Waals surface area contributed by atoms with E-state index >= 15 is 0 Å². The fourth-order valence-electron chi connectivity index (χ4n) is 4.68. The van der Waals surface area contributed by atoms with Crippen LogP contribution in [0, 0.1) is 28.1 Å². The first-order chi connectivity index (χ1) is 14.0. The summed E-state index contributed by atoms with van der Waals surface area (Å²) in [7, 11) is 1.55. The van der Waals surface area contributed by atoms with E-state index < -0.39 is 23.4 Å². The molecule has 2 aliphatic heterocycles. The Morgan fingerprint density at radius 3 is 2.59 bits per heavy atom. The maximum Gasteiger partial charge on any atom is 0.176 e. The van der Waals surface area contributed by atoms with E-state index in [1.54, 1.807) is 13.2 Å². The molecule has 1 saturated heterocycles. The maximum absolute atomic E-state index is 13.0. The summed E-state index contributed by atoms with van der Waals surface area (Å²) in [6, 6.07) is 16.5. The minimum atomic E-state index is -1.45. The van der Waals surface area contributed by atoms with E-state index in [0.717, 1.165) is 15.7 Å². The van der Waals surface area contributed by atoms with Crippen molar-refractivity contribution in [2.24, 2.45) is 5.41 Å². The molecular weight excluding hydrogens is 430 g/mol. The average Bonchev–Trinajstić information content (AvgIpc) is 3.04. The van der Waals surface area contributed by atoms with Gasteiger partial charge in [0.15, 0.2) is 11.2 Å². The van der Waals surface area contributed by atoms with Crippen LogP contribution in [0.2, 0.25) is 0 Å². The highest BCUT2D eigenvalue weighted by molar-refractivity contribution is 9.10. The molecule has 144 valence electrons. The van der Waals surface area contributed by atoms with Crippen LogP contribution in [-0.2, 0) is 4.79 Å². The molecule has 1 fully saturated rings. The van der Waals surface area contributed by atoms with Crippen molar-refractivity contribution in [3.63, 3.8) is 0 Å². The largest absolute Gasteiger partial charge is 0.496 e. The summed E-state index contributed by atoms with van der Waals surface area (Å²) in [5.74, 6) is -0.223. The minimum absolute atomic E-state index is 0.0977. The van der Waals surface area contributed by atoms with Gasteiger partial charge in [-0.1, -0.05) is 46.3 Å². The molecule has 6 heteroatoms. The van der Waals surface area contributed by atoms with Gasteiger partial charge in [-0.25, -0.2) is 0 Å². The number of carbonyl (C=O) groups excluding carboxylic acids is 1. The number of ketones is 1. The lowest BCUT2D eigenvalue weighted by Gasteiger charge is -2.35. The molecule has 0 radical (unpaired) electrons. The number of hydrogen-bond donors (Lipinski definition) is 0. The number of methoxy groups -OCH3 is 1. The number of benzene rings is 2. The highest BCUT2D eigenvalue weighted by atomic mass is 79.9. The first-order valence-corrected chi connectivity index (χ1v) is 9.99. The van der Waals surface area contributed by atoms with Crippen LogP contribution in [0.5, 0.6) is 5.75 Å². The lowest BCUT2D eigenvalue weighted by molar-refractivity contribution is -0.118. The van der Waals surface area contributed by atoms with Crippen molar-refractivity contribution < 1.29 is 9.53 Å². The number of halogens is 1. The molecule has 3 atom stereocenters. The van der Waals surface area contributed by atoms with Gasteiger partial charge in [0.1, 0.15) is 5.75 Å². The molecule has 29 heavy (non-hydrogen) atoms.